The van der Waals surface area contributed by atoms with E-state index in [9.17, 15) is 4.79 Å². The number of carbonyl (C=O) groups is 1. The summed E-state index contributed by atoms with van der Waals surface area (Å²) >= 11 is 3.39. The van der Waals surface area contributed by atoms with Crippen LogP contribution >= 0.6 is 15.9 Å². The zero-order valence-electron chi connectivity index (χ0n) is 11.6. The van der Waals surface area contributed by atoms with Crippen molar-refractivity contribution in [3.8, 4) is 17.2 Å². The van der Waals surface area contributed by atoms with Crippen LogP contribution in [0.1, 0.15) is 15.9 Å². The fourth-order valence-corrected chi connectivity index (χ4v) is 2.21. The van der Waals surface area contributed by atoms with Crippen molar-refractivity contribution >= 4 is 27.5 Å². The number of anilines is 1. The average molecular weight is 351 g/mol. The highest BCUT2D eigenvalue weighted by Gasteiger charge is 2.10. The minimum Gasteiger partial charge on any atom is -0.497 e. The number of nitrogens with two attached hydrogens (primary N) is 2. The first-order valence-electron chi connectivity index (χ1n) is 6.13. The standard InChI is InChI=1S/C15H15BrN2O3/c1-8-3-14(12(16)7-13(8)17)21-11-5-9(15(18)19)4-10(6-11)20-2/h3-7H,17H2,1-2H3,(H2,18,19). The Labute approximate surface area is 131 Å². The largest absolute Gasteiger partial charge is 0.497 e. The van der Waals surface area contributed by atoms with E-state index < -0.39 is 5.91 Å². The fourth-order valence-electron chi connectivity index (χ4n) is 1.77. The first-order valence-corrected chi connectivity index (χ1v) is 6.92. The van der Waals surface area contributed by atoms with Crippen molar-refractivity contribution in [1.29, 1.82) is 0 Å². The molecule has 6 heteroatoms. The van der Waals surface area contributed by atoms with E-state index in [1.54, 1.807) is 24.3 Å². The van der Waals surface area contributed by atoms with E-state index in [-0.39, 0.29) is 0 Å². The highest BCUT2D eigenvalue weighted by atomic mass is 79.9. The molecule has 2 rings (SSSR count). The first kappa shape index (κ1) is 15.2. The van der Waals surface area contributed by atoms with E-state index >= 15 is 0 Å². The van der Waals surface area contributed by atoms with Crippen molar-refractivity contribution in [3.05, 3.63) is 45.9 Å². The van der Waals surface area contributed by atoms with E-state index in [1.807, 2.05) is 13.0 Å². The number of methoxy groups -OCH3 is 1. The maximum absolute atomic E-state index is 11.3. The van der Waals surface area contributed by atoms with Gasteiger partial charge in [0.15, 0.2) is 0 Å². The second kappa shape index (κ2) is 6.05. The molecule has 0 saturated carbocycles. The molecule has 0 aliphatic heterocycles. The quantitative estimate of drug-likeness (QED) is 0.828. The van der Waals surface area contributed by atoms with E-state index in [4.69, 9.17) is 20.9 Å². The molecule has 0 unspecified atom stereocenters. The minimum absolute atomic E-state index is 0.313. The van der Waals surface area contributed by atoms with Gasteiger partial charge in [0.05, 0.1) is 11.6 Å². The normalized spacial score (nSPS) is 10.2. The van der Waals surface area contributed by atoms with Crippen molar-refractivity contribution in [1.82, 2.24) is 0 Å². The van der Waals surface area contributed by atoms with Gasteiger partial charge >= 0.3 is 0 Å². The van der Waals surface area contributed by atoms with Crippen molar-refractivity contribution < 1.29 is 14.3 Å². The molecule has 1 amide bonds. The SMILES string of the molecule is COc1cc(Oc2cc(C)c(N)cc2Br)cc(C(N)=O)c1. The summed E-state index contributed by atoms with van der Waals surface area (Å²) in [5.74, 6) is 0.981. The third-order valence-electron chi connectivity index (χ3n) is 2.95. The molecule has 0 bridgehead atoms. The molecule has 2 aromatic carbocycles. The van der Waals surface area contributed by atoms with Gasteiger partial charge in [-0.05, 0) is 52.7 Å². The molecule has 0 aromatic heterocycles. The zero-order chi connectivity index (χ0) is 15.6. The van der Waals surface area contributed by atoms with Crippen LogP contribution in [0.25, 0.3) is 0 Å². The lowest BCUT2D eigenvalue weighted by atomic mass is 10.2. The Morgan fingerprint density at radius 3 is 2.43 bits per heavy atom. The number of rotatable bonds is 4. The highest BCUT2D eigenvalue weighted by molar-refractivity contribution is 9.10. The number of amides is 1. The number of carbonyl (C=O) groups excluding carboxylic acids is 1. The Morgan fingerprint density at radius 1 is 1.14 bits per heavy atom. The Hall–Kier alpha value is -2.21. The number of nitrogen functional groups attached to an aromatic ring is 1. The minimum atomic E-state index is -0.550. The predicted molar refractivity (Wildman–Crippen MR) is 84.9 cm³/mol. The van der Waals surface area contributed by atoms with Gasteiger partial charge in [0.2, 0.25) is 5.91 Å². The van der Waals surface area contributed by atoms with E-state index in [1.165, 1.54) is 7.11 Å². The average Bonchev–Trinajstić information content (AvgIpc) is 2.44. The fraction of sp³-hybridized carbons (Fsp3) is 0.133. The van der Waals surface area contributed by atoms with E-state index in [0.29, 0.717) is 33.0 Å². The number of halogens is 1. The molecule has 0 atom stereocenters. The van der Waals surface area contributed by atoms with Crippen LogP contribution in [0, 0.1) is 6.92 Å². The van der Waals surface area contributed by atoms with Gasteiger partial charge in [-0.15, -0.1) is 0 Å². The summed E-state index contributed by atoms with van der Waals surface area (Å²) in [4.78, 5) is 11.3. The van der Waals surface area contributed by atoms with Crippen molar-refractivity contribution in [2.75, 3.05) is 12.8 Å². The van der Waals surface area contributed by atoms with E-state index in [0.717, 1.165) is 5.56 Å². The van der Waals surface area contributed by atoms with Crippen LogP contribution in [-0.2, 0) is 0 Å². The number of aryl methyl sites for hydroxylation is 1. The predicted octanol–water partition coefficient (Wildman–Crippen LogP) is 3.24. The Kier molecular flexibility index (Phi) is 4.37. The maximum Gasteiger partial charge on any atom is 0.248 e. The molecule has 21 heavy (non-hydrogen) atoms. The lowest BCUT2D eigenvalue weighted by Gasteiger charge is -2.12. The van der Waals surface area contributed by atoms with Crippen molar-refractivity contribution in [2.45, 2.75) is 6.92 Å². The van der Waals surface area contributed by atoms with Crippen LogP contribution in [0.3, 0.4) is 0 Å². The van der Waals surface area contributed by atoms with Gasteiger partial charge in [-0.1, -0.05) is 0 Å². The van der Waals surface area contributed by atoms with Gasteiger partial charge in [-0.3, -0.25) is 4.79 Å². The second-order valence-corrected chi connectivity index (χ2v) is 5.36. The van der Waals surface area contributed by atoms with Gasteiger partial charge in [-0.25, -0.2) is 0 Å². The second-order valence-electron chi connectivity index (χ2n) is 4.50. The van der Waals surface area contributed by atoms with Gasteiger partial charge in [0.25, 0.3) is 0 Å². The lowest BCUT2D eigenvalue weighted by Crippen LogP contribution is -2.11. The topological polar surface area (TPSA) is 87.6 Å². The summed E-state index contributed by atoms with van der Waals surface area (Å²) in [5.41, 5.74) is 13.0. The van der Waals surface area contributed by atoms with E-state index in [2.05, 4.69) is 15.9 Å². The van der Waals surface area contributed by atoms with Crippen LogP contribution in [0.4, 0.5) is 5.69 Å². The molecule has 4 N–H and O–H groups in total. The summed E-state index contributed by atoms with van der Waals surface area (Å²) in [6.45, 7) is 1.88. The number of benzene rings is 2. The summed E-state index contributed by atoms with van der Waals surface area (Å²) in [6, 6.07) is 8.36. The van der Waals surface area contributed by atoms with Gasteiger partial charge in [-0.2, -0.15) is 0 Å². The molecule has 5 nitrogen and oxygen atoms in total. The van der Waals surface area contributed by atoms with Crippen LogP contribution in [0.2, 0.25) is 0 Å². The third-order valence-corrected chi connectivity index (χ3v) is 3.57. The Bertz CT molecular complexity index is 702. The zero-order valence-corrected chi connectivity index (χ0v) is 13.2. The monoisotopic (exact) mass is 350 g/mol. The molecular formula is C15H15BrN2O3. The third kappa shape index (κ3) is 3.46. The Morgan fingerprint density at radius 2 is 1.81 bits per heavy atom. The van der Waals surface area contributed by atoms with Gasteiger partial charge in [0, 0.05) is 17.3 Å². The van der Waals surface area contributed by atoms with Crippen molar-refractivity contribution in [3.63, 3.8) is 0 Å². The van der Waals surface area contributed by atoms with Crippen LogP contribution in [0.5, 0.6) is 17.2 Å². The molecule has 0 aliphatic rings. The van der Waals surface area contributed by atoms with Gasteiger partial charge in [0.1, 0.15) is 17.2 Å². The molecule has 2 aromatic rings. The molecular weight excluding hydrogens is 336 g/mol. The molecule has 0 fully saturated rings. The number of hydrogen-bond donors (Lipinski definition) is 2. The number of hydrogen-bond acceptors (Lipinski definition) is 4. The summed E-state index contributed by atoms with van der Waals surface area (Å²) < 4.78 is 11.6. The smallest absolute Gasteiger partial charge is 0.248 e. The maximum atomic E-state index is 11.3. The van der Waals surface area contributed by atoms with Crippen LogP contribution in [0.15, 0.2) is 34.8 Å². The number of ether oxygens (including phenoxy) is 2. The summed E-state index contributed by atoms with van der Waals surface area (Å²) in [6.07, 6.45) is 0. The van der Waals surface area contributed by atoms with Gasteiger partial charge < -0.3 is 20.9 Å². The summed E-state index contributed by atoms with van der Waals surface area (Å²) in [5, 5.41) is 0. The molecule has 110 valence electrons. The highest BCUT2D eigenvalue weighted by Crippen LogP contribution is 2.34. The molecule has 0 aliphatic carbocycles. The first-order chi connectivity index (χ1) is 9.90. The Balaban J connectivity index is 2.41. The molecule has 0 heterocycles. The van der Waals surface area contributed by atoms with Crippen LogP contribution < -0.4 is 20.9 Å². The lowest BCUT2D eigenvalue weighted by molar-refractivity contribution is 0.0999. The summed E-state index contributed by atoms with van der Waals surface area (Å²) in [7, 11) is 1.51. The molecule has 0 spiro atoms. The number of primary amides is 1. The van der Waals surface area contributed by atoms with Crippen LogP contribution in [-0.4, -0.2) is 13.0 Å². The molecule has 0 saturated heterocycles. The molecule has 0 radical (unpaired) electrons. The van der Waals surface area contributed by atoms with Crippen molar-refractivity contribution in [2.24, 2.45) is 5.73 Å².